The summed E-state index contributed by atoms with van der Waals surface area (Å²) in [4.78, 5) is 0. The van der Waals surface area contributed by atoms with E-state index in [9.17, 15) is 0 Å². The topological polar surface area (TPSA) is 85.5 Å². The molecule has 3 nitrogen and oxygen atoms in total. The summed E-state index contributed by atoms with van der Waals surface area (Å²) < 4.78 is 0. The van der Waals surface area contributed by atoms with Crippen molar-refractivity contribution in [3.05, 3.63) is 0 Å². The molecular formula is BaO3W-4. The summed E-state index contributed by atoms with van der Waals surface area (Å²) in [6.45, 7) is 0. The molecule has 0 amide bonds. The minimum absolute atomic E-state index is 0. The number of hydrogen-bond acceptors (Lipinski definition) is 0. The fourth-order valence-electron chi connectivity index (χ4n) is 0. The molecule has 5 heavy (non-hydrogen) atoms. The van der Waals surface area contributed by atoms with E-state index in [1.807, 2.05) is 0 Å². The predicted octanol–water partition coefficient (Wildman–Crippen LogP) is -0.740. The standard InChI is InChI=1S/Ba.3O.W/q+2;3*-2;. The maximum absolute atomic E-state index is 0. The third-order valence-corrected chi connectivity index (χ3v) is 0. The maximum Gasteiger partial charge on any atom is 2.00 e. The van der Waals surface area contributed by atoms with Gasteiger partial charge in [0.2, 0.25) is 0 Å². The van der Waals surface area contributed by atoms with Gasteiger partial charge in [0.15, 0.2) is 0 Å². The summed E-state index contributed by atoms with van der Waals surface area (Å²) in [5.74, 6) is 0. The maximum atomic E-state index is 0. The monoisotopic (exact) mass is 370 g/mol. The van der Waals surface area contributed by atoms with Crippen molar-refractivity contribution in [3.8, 4) is 0 Å². The first-order chi connectivity index (χ1) is 0. The second kappa shape index (κ2) is 35.4. The minimum Gasteiger partial charge on any atom is -2.00 e. The molecule has 0 fully saturated rings. The van der Waals surface area contributed by atoms with E-state index in [1.165, 1.54) is 0 Å². The fraction of sp³-hybridized carbons (Fsp3) is 0. The van der Waals surface area contributed by atoms with Crippen molar-refractivity contribution >= 4 is 48.9 Å². The normalized spacial score (nSPS) is 0. The van der Waals surface area contributed by atoms with Gasteiger partial charge in [-0.3, -0.25) is 0 Å². The molecule has 0 radical (unpaired) electrons. The van der Waals surface area contributed by atoms with Crippen LogP contribution < -0.4 is 0 Å². The predicted molar refractivity (Wildman–Crippen MR) is 7.81 cm³/mol. The zero-order valence-corrected chi connectivity index (χ0v) is 9.71. The summed E-state index contributed by atoms with van der Waals surface area (Å²) in [5.41, 5.74) is 0. The van der Waals surface area contributed by atoms with Crippen LogP contribution >= 0.6 is 0 Å². The second-order valence-electron chi connectivity index (χ2n) is 0. The Bertz CT molecular complexity index is 6.85. The van der Waals surface area contributed by atoms with Crippen LogP contribution in [-0.4, -0.2) is 48.9 Å². The van der Waals surface area contributed by atoms with Gasteiger partial charge in [0.1, 0.15) is 0 Å². The van der Waals surface area contributed by atoms with E-state index in [-0.39, 0.29) is 86.4 Å². The zero-order valence-electron chi connectivity index (χ0n) is 2.34. The van der Waals surface area contributed by atoms with Crippen LogP contribution in [0.5, 0.6) is 0 Å². The van der Waals surface area contributed by atoms with E-state index in [0.29, 0.717) is 0 Å². The first kappa shape index (κ1) is 58.8. The average Bonchev–Trinajstić information content (AvgIpc) is 0. The van der Waals surface area contributed by atoms with Crippen molar-refractivity contribution in [1.82, 2.24) is 0 Å². The van der Waals surface area contributed by atoms with Crippen molar-refractivity contribution in [2.45, 2.75) is 0 Å². The molecule has 0 spiro atoms. The SMILES string of the molecule is [Ba+2].[O-2].[O-2].[O-2].[W]. The molecule has 0 heterocycles. The third kappa shape index (κ3) is 23.0. The van der Waals surface area contributed by atoms with Gasteiger partial charge >= 0.3 is 48.9 Å². The molecule has 0 unspecified atom stereocenters. The molecule has 0 aliphatic carbocycles. The smallest absolute Gasteiger partial charge is 2.00 e. The van der Waals surface area contributed by atoms with Gasteiger partial charge < -0.3 is 16.4 Å². The molecule has 0 atom stereocenters. The summed E-state index contributed by atoms with van der Waals surface area (Å²) in [7, 11) is 0. The molecule has 0 aliphatic heterocycles. The Kier molecular flexibility index (Phi) is 416. The Morgan fingerprint density at radius 2 is 0.600 bits per heavy atom. The first-order valence-corrected chi connectivity index (χ1v) is 0. The Hall–Kier alpha value is 2.14. The summed E-state index contributed by atoms with van der Waals surface area (Å²) in [6.07, 6.45) is 0. The van der Waals surface area contributed by atoms with Gasteiger partial charge in [-0.05, 0) is 0 Å². The molecule has 0 aromatic rings. The van der Waals surface area contributed by atoms with Gasteiger partial charge in [0, 0.05) is 21.1 Å². The van der Waals surface area contributed by atoms with Crippen molar-refractivity contribution in [1.29, 1.82) is 0 Å². The summed E-state index contributed by atoms with van der Waals surface area (Å²) >= 11 is 0. The van der Waals surface area contributed by atoms with Crippen LogP contribution in [0.4, 0.5) is 0 Å². The molecule has 0 bridgehead atoms. The molecule has 0 aromatic carbocycles. The van der Waals surface area contributed by atoms with E-state index >= 15 is 0 Å². The second-order valence-corrected chi connectivity index (χ2v) is 0. The van der Waals surface area contributed by atoms with Crippen LogP contribution in [0.2, 0.25) is 0 Å². The molecule has 0 saturated heterocycles. The van der Waals surface area contributed by atoms with E-state index in [2.05, 4.69) is 0 Å². The van der Waals surface area contributed by atoms with Gasteiger partial charge in [-0.1, -0.05) is 0 Å². The van der Waals surface area contributed by atoms with Crippen molar-refractivity contribution in [2.75, 3.05) is 0 Å². The molecule has 0 N–H and O–H groups in total. The molecule has 0 saturated carbocycles. The summed E-state index contributed by atoms with van der Waals surface area (Å²) in [6, 6.07) is 0. The molecule has 5 heteroatoms. The van der Waals surface area contributed by atoms with Gasteiger partial charge in [0.05, 0.1) is 0 Å². The van der Waals surface area contributed by atoms with Crippen LogP contribution in [0.15, 0.2) is 0 Å². The Morgan fingerprint density at radius 1 is 0.600 bits per heavy atom. The van der Waals surface area contributed by atoms with Gasteiger partial charge in [-0.2, -0.15) is 0 Å². The molecular weight excluding hydrogens is 369 g/mol. The van der Waals surface area contributed by atoms with Crippen molar-refractivity contribution in [3.63, 3.8) is 0 Å². The largest absolute Gasteiger partial charge is 2.00 e. The van der Waals surface area contributed by atoms with Crippen LogP contribution in [0.1, 0.15) is 0 Å². The van der Waals surface area contributed by atoms with Crippen molar-refractivity contribution < 1.29 is 37.5 Å². The first-order valence-electron chi connectivity index (χ1n) is 0. The molecule has 0 aromatic heterocycles. The van der Waals surface area contributed by atoms with E-state index in [0.717, 1.165) is 0 Å². The molecule has 0 rings (SSSR count). The van der Waals surface area contributed by atoms with Gasteiger partial charge in [-0.25, -0.2) is 0 Å². The average molecular weight is 369 g/mol. The number of rotatable bonds is 0. The van der Waals surface area contributed by atoms with Crippen molar-refractivity contribution in [2.24, 2.45) is 0 Å². The van der Waals surface area contributed by atoms with E-state index < -0.39 is 0 Å². The Morgan fingerprint density at radius 3 is 0.600 bits per heavy atom. The van der Waals surface area contributed by atoms with Gasteiger partial charge in [0.25, 0.3) is 0 Å². The van der Waals surface area contributed by atoms with Crippen LogP contribution in [-0.2, 0) is 37.5 Å². The fourth-order valence-corrected chi connectivity index (χ4v) is 0. The Balaban J connectivity index is 0. The van der Waals surface area contributed by atoms with Gasteiger partial charge in [-0.15, -0.1) is 0 Å². The quantitative estimate of drug-likeness (QED) is 0.504. The van der Waals surface area contributed by atoms with Crippen LogP contribution in [0.3, 0.4) is 0 Å². The van der Waals surface area contributed by atoms with E-state index in [4.69, 9.17) is 0 Å². The minimum atomic E-state index is 0. The van der Waals surface area contributed by atoms with E-state index in [1.54, 1.807) is 0 Å². The zero-order chi connectivity index (χ0) is 0. The molecule has 0 aliphatic rings. The number of hydrogen-bond donors (Lipinski definition) is 0. The van der Waals surface area contributed by atoms with Crippen LogP contribution in [0.25, 0.3) is 0 Å². The molecule has 30 valence electrons. The van der Waals surface area contributed by atoms with Crippen LogP contribution in [0, 0.1) is 0 Å². The third-order valence-electron chi connectivity index (χ3n) is 0. The summed E-state index contributed by atoms with van der Waals surface area (Å²) in [5, 5.41) is 0. The Labute approximate surface area is 84.8 Å².